The highest BCUT2D eigenvalue weighted by Crippen LogP contribution is 2.34. The van der Waals surface area contributed by atoms with E-state index in [1.54, 1.807) is 0 Å². The lowest BCUT2D eigenvalue weighted by atomic mass is 9.98. The van der Waals surface area contributed by atoms with Gasteiger partial charge in [-0.1, -0.05) is 73.9 Å². The molecule has 254 valence electrons. The molecule has 0 saturated carbocycles. The molecule has 48 heavy (non-hydrogen) atoms. The number of aromatic nitrogens is 2. The Kier molecular flexibility index (Phi) is 4.68. The number of fused-ring (bicyclic) bond motifs is 1. The van der Waals surface area contributed by atoms with Crippen LogP contribution in [0.5, 0.6) is 0 Å². The Morgan fingerprint density at radius 2 is 1.67 bits per heavy atom. The highest BCUT2D eigenvalue weighted by molar-refractivity contribution is 7.98. The number of benzene rings is 3. The fourth-order valence-corrected chi connectivity index (χ4v) is 4.59. The number of carbonyl (C=O) groups is 1. The molecule has 1 heterocycles. The zero-order valence-electron chi connectivity index (χ0n) is 51.9. The van der Waals surface area contributed by atoms with Gasteiger partial charge in [0, 0.05) is 53.0 Å². The van der Waals surface area contributed by atoms with Crippen molar-refractivity contribution >= 4 is 17.7 Å². The normalized spacial score (nSPS) is 25.6. The Morgan fingerprint density at radius 3 is 2.33 bits per heavy atom. The molecule has 0 aliphatic heterocycles. The van der Waals surface area contributed by atoms with E-state index in [-0.39, 0.29) is 4.90 Å². The number of nitrogens with zero attached hydrogens (tertiary/aromatic N) is 4. The molecule has 5 rings (SSSR count). The van der Waals surface area contributed by atoms with Gasteiger partial charge in [0.05, 0.1) is 26.1 Å². The monoisotopic (exact) mass is 707 g/mol. The number of hydrogen-bond donors (Lipinski definition) is 0. The molecule has 1 aliphatic carbocycles. The molecular formula is C37H40F4N4O2S. The van der Waals surface area contributed by atoms with E-state index in [9.17, 15) is 27.8 Å². The molecule has 0 unspecified atom stereocenters. The van der Waals surface area contributed by atoms with E-state index in [2.05, 4.69) is 4.98 Å². The van der Waals surface area contributed by atoms with Crippen molar-refractivity contribution in [2.24, 2.45) is 0 Å². The Bertz CT molecular complexity index is 3020. The minimum Gasteiger partial charge on any atom is -0.336 e. The molecule has 11 heteroatoms. The Morgan fingerprint density at radius 1 is 1.00 bits per heavy atom. The first-order chi connectivity index (χ1) is 33.4. The first kappa shape index (κ1) is 14.5. The molecule has 1 amide bonds. The predicted molar refractivity (Wildman–Crippen MR) is 181 cm³/mol. The quantitative estimate of drug-likeness (QED) is 0.0818. The summed E-state index contributed by atoms with van der Waals surface area (Å²) in [5.41, 5.74) is -16.9. The topological polar surface area (TPSA) is 58.4 Å². The van der Waals surface area contributed by atoms with Crippen LogP contribution in [0.3, 0.4) is 0 Å². The molecule has 0 bridgehead atoms. The summed E-state index contributed by atoms with van der Waals surface area (Å²) in [6.45, 7) is -14.7. The van der Waals surface area contributed by atoms with Gasteiger partial charge in [0.1, 0.15) is 12.3 Å². The lowest BCUT2D eigenvalue weighted by Crippen LogP contribution is -2.40. The van der Waals surface area contributed by atoms with Crippen LogP contribution < -0.4 is 5.56 Å². The average Bonchev–Trinajstić information content (AvgIpc) is 3.34. The number of halogens is 4. The van der Waals surface area contributed by atoms with E-state index in [4.69, 9.17) is 31.5 Å². The van der Waals surface area contributed by atoms with Crippen molar-refractivity contribution in [1.82, 2.24) is 19.4 Å². The smallest absolute Gasteiger partial charge is 0.336 e. The van der Waals surface area contributed by atoms with Gasteiger partial charge in [-0.2, -0.15) is 18.2 Å². The molecule has 0 N–H and O–H groups in total. The highest BCUT2D eigenvalue weighted by Gasteiger charge is 2.32. The average molecular weight is 708 g/mol. The van der Waals surface area contributed by atoms with E-state index in [0.29, 0.717) is 11.8 Å². The number of likely N-dealkylation sites (N-methyl/N-ethyl adjacent to an activating group) is 1. The van der Waals surface area contributed by atoms with Crippen LogP contribution in [0.15, 0.2) is 76.4 Å². The van der Waals surface area contributed by atoms with Gasteiger partial charge in [-0.25, -0.2) is 4.39 Å². The first-order valence-corrected chi connectivity index (χ1v) is 14.3. The Hall–Kier alpha value is -3.96. The minimum atomic E-state index is -5.32. The molecule has 0 atom stereocenters. The predicted octanol–water partition coefficient (Wildman–Crippen LogP) is 7.53. The van der Waals surface area contributed by atoms with Gasteiger partial charge < -0.3 is 14.4 Å². The summed E-state index contributed by atoms with van der Waals surface area (Å²) in [7, 11) is 0. The van der Waals surface area contributed by atoms with Crippen LogP contribution in [0.2, 0.25) is 0 Å². The van der Waals surface area contributed by atoms with Crippen molar-refractivity contribution in [3.63, 3.8) is 0 Å². The zero-order valence-corrected chi connectivity index (χ0v) is 25.8. The van der Waals surface area contributed by atoms with Gasteiger partial charge in [-0.3, -0.25) is 9.59 Å². The Balaban J connectivity index is 1.92. The second-order valence-electron chi connectivity index (χ2n) is 9.30. The molecule has 1 aromatic heterocycles. The summed E-state index contributed by atoms with van der Waals surface area (Å²) >= 11 is -0.625. The van der Waals surface area contributed by atoms with Crippen LogP contribution in [-0.2, 0) is 42.4 Å². The summed E-state index contributed by atoms with van der Waals surface area (Å²) < 4.78 is 289. The summed E-state index contributed by atoms with van der Waals surface area (Å²) in [6, 6.07) is -16.0. The van der Waals surface area contributed by atoms with Crippen molar-refractivity contribution < 1.29 is 59.4 Å². The van der Waals surface area contributed by atoms with Crippen molar-refractivity contribution in [3.8, 4) is 11.1 Å². The van der Waals surface area contributed by atoms with Crippen molar-refractivity contribution in [2.45, 2.75) is 69.9 Å². The Labute approximate surface area is 320 Å². The van der Waals surface area contributed by atoms with Crippen LogP contribution in [-0.4, -0.2) is 51.3 Å². The maximum Gasteiger partial charge on any atom is 0.416 e. The molecule has 4 aromatic rings. The molecular weight excluding hydrogens is 640 g/mol. The van der Waals surface area contributed by atoms with Gasteiger partial charge in [-0.15, -0.1) is 0 Å². The van der Waals surface area contributed by atoms with Crippen LogP contribution in [0.25, 0.3) is 11.1 Å². The number of alkyl halides is 3. The van der Waals surface area contributed by atoms with Crippen LogP contribution in [0.4, 0.5) is 17.6 Å². The lowest BCUT2D eigenvalue weighted by molar-refractivity contribution is -0.138. The summed E-state index contributed by atoms with van der Waals surface area (Å²) in [6.07, 6.45) is -17.1. The molecule has 0 radical (unpaired) electrons. The number of rotatable bonds is 13. The molecule has 0 spiro atoms. The lowest BCUT2D eigenvalue weighted by Gasteiger charge is -2.28. The zero-order chi connectivity index (χ0) is 58.3. The maximum atomic E-state index is 15.3. The third kappa shape index (κ3) is 8.54. The van der Waals surface area contributed by atoms with Crippen LogP contribution >= 0.6 is 11.8 Å². The summed E-state index contributed by atoms with van der Waals surface area (Å²) in [5, 5.41) is -1.62. The van der Waals surface area contributed by atoms with Gasteiger partial charge in [-0.05, 0) is 85.0 Å². The first-order valence-electron chi connectivity index (χ1n) is 27.0. The van der Waals surface area contributed by atoms with E-state index >= 15 is 4.79 Å². The van der Waals surface area contributed by atoms with Gasteiger partial charge in [0.2, 0.25) is 5.91 Å². The summed E-state index contributed by atoms with van der Waals surface area (Å²) in [4.78, 5) is 32.5. The standard InChI is InChI=1S/C37H40F4N4O2S/c1-4-43(5-2)19-20-44(22-26-9-13-28(14-10-26)29-15-18-32(25(3)21-29)37(39,40)41)34(46)23-45-33-8-6-7-31(33)35(47)42-36(45)48-24-27-11-16-30(38)17-12-27/h9-18,21H,4-8,19-20,22-24H2,1-3H3/i4D2,5D2,6D2,7D2,8D2,9D,10D,11D,12D,13D,14D,15D,16D,17D,18D,21D,22D2,23D2,24D2. The second-order valence-corrected chi connectivity index (χ2v) is 10.1. The third-order valence-corrected chi connectivity index (χ3v) is 6.98. The second kappa shape index (κ2) is 15.5. The number of amides is 1. The number of hydrogen-bond acceptors (Lipinski definition) is 5. The fraction of sp³-hybridized carbons (Fsp3) is 0.378. The van der Waals surface area contributed by atoms with Gasteiger partial charge in [0.25, 0.3) is 5.56 Å². The molecule has 1 aliphatic rings. The van der Waals surface area contributed by atoms with Gasteiger partial charge in [0.15, 0.2) is 5.16 Å². The number of carbonyl (C=O) groups excluding carboxylic acids is 1. The SMILES string of the molecule is [2H]c1c([2H])c(C([2H])([2H])Sc2nc(=O)c3c(n2C([2H])([2H])C(=O)N(CCN(C([2H])([2H])C)C([2H])([2H])C)C([2H])([2H])c2c([2H])c([2H])c(-c4c([2H])c([2H])c(C(F)(F)F)c(C)c4[2H])c([2H])c2[2H])C([2H])([2H])C([2H])([2H])C3([2H])[2H])c([2H])c([2H])c1F. The summed E-state index contributed by atoms with van der Waals surface area (Å²) in [5.74, 6) is -4.26. The molecule has 3 aromatic carbocycles. The maximum absolute atomic E-state index is 15.3. The highest BCUT2D eigenvalue weighted by atomic mass is 32.2. The minimum absolute atomic E-state index is 0.317. The molecule has 6 nitrogen and oxygen atoms in total. The molecule has 0 saturated heterocycles. The largest absolute Gasteiger partial charge is 0.416 e. The van der Waals surface area contributed by atoms with Crippen LogP contribution in [0, 0.1) is 12.7 Å². The van der Waals surface area contributed by atoms with E-state index in [0.717, 1.165) is 13.8 Å². The van der Waals surface area contributed by atoms with Crippen molar-refractivity contribution in [3.05, 3.63) is 116 Å². The number of thioether (sulfide) groups is 1. The van der Waals surface area contributed by atoms with Crippen molar-refractivity contribution in [2.75, 3.05) is 26.1 Å². The third-order valence-electron chi connectivity index (χ3n) is 6.21. The van der Waals surface area contributed by atoms with Crippen molar-refractivity contribution in [1.29, 1.82) is 0 Å². The fourth-order valence-electron chi connectivity index (χ4n) is 3.94. The van der Waals surface area contributed by atoms with E-state index in [1.807, 2.05) is 0 Å². The molecule has 0 fully saturated rings. The van der Waals surface area contributed by atoms with E-state index < -0.39 is 220 Å². The van der Waals surface area contributed by atoms with E-state index in [1.165, 1.54) is 0 Å². The van der Waals surface area contributed by atoms with Crippen LogP contribution in [0.1, 0.15) is 90.7 Å². The van der Waals surface area contributed by atoms with Gasteiger partial charge >= 0.3 is 6.18 Å².